The average molecular weight is 451 g/mol. The van der Waals surface area contributed by atoms with Crippen LogP contribution in [0, 0.1) is 5.92 Å². The fourth-order valence-corrected chi connectivity index (χ4v) is 4.86. The molecule has 2 aliphatic rings. The number of carbonyl (C=O) groups excluding carboxylic acids is 2. The number of aromatic nitrogens is 1. The highest BCUT2D eigenvalue weighted by Crippen LogP contribution is 2.35. The first-order chi connectivity index (χ1) is 15.2. The zero-order chi connectivity index (χ0) is 22.9. The summed E-state index contributed by atoms with van der Waals surface area (Å²) < 4.78 is 45.0. The van der Waals surface area contributed by atoms with Gasteiger partial charge in [-0.3, -0.25) is 9.59 Å². The van der Waals surface area contributed by atoms with E-state index < -0.39 is 12.1 Å². The highest BCUT2D eigenvalue weighted by molar-refractivity contribution is 6.00. The Kier molecular flexibility index (Phi) is 6.44. The Morgan fingerprint density at radius 2 is 1.91 bits per heavy atom. The van der Waals surface area contributed by atoms with Crippen molar-refractivity contribution in [2.24, 2.45) is 5.92 Å². The molecule has 174 valence electrons. The van der Waals surface area contributed by atoms with E-state index in [1.807, 2.05) is 4.90 Å². The lowest BCUT2D eigenvalue weighted by atomic mass is 9.91. The van der Waals surface area contributed by atoms with Gasteiger partial charge in [0.2, 0.25) is 5.91 Å². The zero-order valence-corrected chi connectivity index (χ0v) is 18.2. The van der Waals surface area contributed by atoms with E-state index in [9.17, 15) is 22.8 Å². The van der Waals surface area contributed by atoms with Crippen LogP contribution in [0.4, 0.5) is 18.9 Å². The molecule has 32 heavy (non-hydrogen) atoms. The molecule has 0 spiro atoms. The van der Waals surface area contributed by atoms with Crippen molar-refractivity contribution in [1.82, 2.24) is 10.1 Å². The Balaban J connectivity index is 1.48. The molecule has 1 saturated heterocycles. The second-order valence-corrected chi connectivity index (χ2v) is 8.86. The first kappa shape index (κ1) is 22.6. The third-order valence-electron chi connectivity index (χ3n) is 6.69. The molecule has 0 N–H and O–H groups in total. The second kappa shape index (κ2) is 9.11. The van der Waals surface area contributed by atoms with Gasteiger partial charge in [-0.25, -0.2) is 0 Å². The van der Waals surface area contributed by atoms with Crippen LogP contribution in [0.15, 0.2) is 16.7 Å². The van der Waals surface area contributed by atoms with Crippen molar-refractivity contribution in [2.75, 3.05) is 24.5 Å². The van der Waals surface area contributed by atoms with Crippen molar-refractivity contribution in [3.8, 4) is 0 Å². The van der Waals surface area contributed by atoms with Crippen molar-refractivity contribution in [1.29, 1.82) is 0 Å². The van der Waals surface area contributed by atoms with E-state index in [1.54, 1.807) is 19.1 Å². The van der Waals surface area contributed by atoms with Gasteiger partial charge in [-0.05, 0) is 75.0 Å². The maximum absolute atomic E-state index is 13.2. The minimum Gasteiger partial charge on any atom is -0.356 e. The number of piperidine rings is 1. The number of amides is 2. The number of benzene rings is 1. The molecule has 9 heteroatoms. The first-order valence-electron chi connectivity index (χ1n) is 11.3. The number of carbonyl (C=O) groups is 2. The molecule has 3 heterocycles. The van der Waals surface area contributed by atoms with Gasteiger partial charge < -0.3 is 14.3 Å². The van der Waals surface area contributed by atoms with E-state index >= 15 is 0 Å². The number of anilines is 1. The van der Waals surface area contributed by atoms with E-state index in [2.05, 4.69) is 5.16 Å². The van der Waals surface area contributed by atoms with Crippen molar-refractivity contribution in [3.05, 3.63) is 23.4 Å². The van der Waals surface area contributed by atoms with Gasteiger partial charge in [0.25, 0.3) is 0 Å². The van der Waals surface area contributed by atoms with Crippen LogP contribution < -0.4 is 4.90 Å². The van der Waals surface area contributed by atoms with E-state index in [-0.39, 0.29) is 12.5 Å². The van der Waals surface area contributed by atoms with Crippen LogP contribution in [0.3, 0.4) is 0 Å². The lowest BCUT2D eigenvalue weighted by molar-refractivity contribution is -0.170. The van der Waals surface area contributed by atoms with E-state index in [1.165, 1.54) is 0 Å². The number of hydrogen-bond donors (Lipinski definition) is 0. The van der Waals surface area contributed by atoms with Gasteiger partial charge >= 0.3 is 12.1 Å². The van der Waals surface area contributed by atoms with E-state index in [0.29, 0.717) is 59.5 Å². The maximum atomic E-state index is 13.2. The number of rotatable bonds is 4. The van der Waals surface area contributed by atoms with Crippen LogP contribution in [0.2, 0.25) is 0 Å². The number of likely N-dealkylation sites (tertiary alicyclic amines) is 1. The maximum Gasteiger partial charge on any atom is 0.471 e. The lowest BCUT2D eigenvalue weighted by Crippen LogP contribution is -2.41. The summed E-state index contributed by atoms with van der Waals surface area (Å²) in [5, 5.41) is 4.85. The van der Waals surface area contributed by atoms with Gasteiger partial charge in [0.05, 0.1) is 5.69 Å². The van der Waals surface area contributed by atoms with Crippen LogP contribution in [-0.2, 0) is 22.4 Å². The lowest BCUT2D eigenvalue weighted by Gasteiger charge is -2.31. The third kappa shape index (κ3) is 4.76. The quantitative estimate of drug-likeness (QED) is 0.679. The Bertz CT molecular complexity index is 994. The fraction of sp³-hybridized carbons (Fsp3) is 0.609. The predicted molar refractivity (Wildman–Crippen MR) is 113 cm³/mol. The molecule has 1 fully saturated rings. The Morgan fingerprint density at radius 3 is 2.59 bits per heavy atom. The second-order valence-electron chi connectivity index (χ2n) is 8.86. The molecule has 0 saturated carbocycles. The number of nitrogens with zero attached hydrogens (tertiary/aromatic N) is 3. The molecular formula is C23H28F3N3O3. The SMILES string of the molecule is CC(=O)N1CCC(CCCc2noc3cc4c(cc23)N(C(=O)C(F)(F)F)CCCC4)CC1. The van der Waals surface area contributed by atoms with E-state index in [0.717, 1.165) is 43.7 Å². The van der Waals surface area contributed by atoms with Crippen LogP contribution in [0.25, 0.3) is 11.0 Å². The molecule has 2 aliphatic heterocycles. The summed E-state index contributed by atoms with van der Waals surface area (Å²) in [6.45, 7) is 3.24. The summed E-state index contributed by atoms with van der Waals surface area (Å²) in [6.07, 6.45) is 1.44. The Morgan fingerprint density at radius 1 is 1.16 bits per heavy atom. The number of halogens is 3. The summed E-state index contributed by atoms with van der Waals surface area (Å²) in [4.78, 5) is 26.2. The molecule has 1 aromatic heterocycles. The highest BCUT2D eigenvalue weighted by Gasteiger charge is 2.43. The molecule has 1 aromatic carbocycles. The average Bonchev–Trinajstić information content (AvgIpc) is 3.02. The van der Waals surface area contributed by atoms with Crippen LogP contribution in [-0.4, -0.2) is 47.7 Å². The standard InChI is InChI=1S/C23H28F3N3O3/c1-15(30)28-11-8-16(9-12-28)5-4-7-19-18-14-20-17(13-21(18)32-27-19)6-2-3-10-29(20)22(31)23(24,25)26/h13-14,16H,2-12H2,1H3. The highest BCUT2D eigenvalue weighted by atomic mass is 19.4. The largest absolute Gasteiger partial charge is 0.471 e. The molecule has 0 radical (unpaired) electrons. The monoisotopic (exact) mass is 451 g/mol. The minimum atomic E-state index is -4.91. The van der Waals surface area contributed by atoms with Gasteiger partial charge in [0.1, 0.15) is 0 Å². The Hall–Kier alpha value is -2.58. The molecule has 0 unspecified atom stereocenters. The van der Waals surface area contributed by atoms with Gasteiger partial charge in [0, 0.05) is 37.6 Å². The molecule has 0 aliphatic carbocycles. The molecule has 0 atom stereocenters. The molecular weight excluding hydrogens is 423 g/mol. The van der Waals surface area contributed by atoms with Gasteiger partial charge in [-0.15, -0.1) is 0 Å². The molecule has 2 aromatic rings. The van der Waals surface area contributed by atoms with Crippen molar-refractivity contribution in [2.45, 2.75) is 64.5 Å². The summed E-state index contributed by atoms with van der Waals surface area (Å²) in [5.41, 5.74) is 2.27. The van der Waals surface area contributed by atoms with Gasteiger partial charge in [-0.1, -0.05) is 5.16 Å². The number of hydrogen-bond acceptors (Lipinski definition) is 4. The molecule has 6 nitrogen and oxygen atoms in total. The third-order valence-corrected chi connectivity index (χ3v) is 6.69. The van der Waals surface area contributed by atoms with Gasteiger partial charge in [-0.2, -0.15) is 13.2 Å². The number of alkyl halides is 3. The van der Waals surface area contributed by atoms with Crippen LogP contribution in [0.5, 0.6) is 0 Å². The topological polar surface area (TPSA) is 66.7 Å². The fourth-order valence-electron chi connectivity index (χ4n) is 4.86. The van der Waals surface area contributed by atoms with Crippen molar-refractivity contribution in [3.63, 3.8) is 0 Å². The Labute approximate surface area is 184 Å². The van der Waals surface area contributed by atoms with Crippen molar-refractivity contribution < 1.29 is 27.3 Å². The van der Waals surface area contributed by atoms with Crippen LogP contribution >= 0.6 is 0 Å². The summed E-state index contributed by atoms with van der Waals surface area (Å²) in [7, 11) is 0. The van der Waals surface area contributed by atoms with Crippen molar-refractivity contribution >= 4 is 28.5 Å². The predicted octanol–water partition coefficient (Wildman–Crippen LogP) is 4.64. The molecule has 0 bridgehead atoms. The molecule has 2 amide bonds. The number of aryl methyl sites for hydroxylation is 2. The minimum absolute atomic E-state index is 0.0520. The van der Waals surface area contributed by atoms with Gasteiger partial charge in [0.15, 0.2) is 5.58 Å². The summed E-state index contributed by atoms with van der Waals surface area (Å²) >= 11 is 0. The summed E-state index contributed by atoms with van der Waals surface area (Å²) in [5.74, 6) is -1.15. The van der Waals surface area contributed by atoms with Crippen LogP contribution in [0.1, 0.15) is 56.7 Å². The summed E-state index contributed by atoms with van der Waals surface area (Å²) in [6, 6.07) is 3.39. The zero-order valence-electron chi connectivity index (χ0n) is 18.2. The number of fused-ring (bicyclic) bond motifs is 2. The first-order valence-corrected chi connectivity index (χ1v) is 11.3. The van der Waals surface area contributed by atoms with E-state index in [4.69, 9.17) is 4.52 Å². The smallest absolute Gasteiger partial charge is 0.356 e. The normalized spacial score (nSPS) is 18.0. The molecule has 4 rings (SSSR count).